The molecule has 0 unspecified atom stereocenters. The highest BCUT2D eigenvalue weighted by molar-refractivity contribution is 7.03. The van der Waals surface area contributed by atoms with Crippen LogP contribution in [-0.4, -0.2) is 8.07 Å². The predicted octanol–water partition coefficient (Wildman–Crippen LogP) is 5.73. The lowest BCUT2D eigenvalue weighted by molar-refractivity contribution is 1.43. The van der Waals surface area contributed by atoms with E-state index in [4.69, 9.17) is 0 Å². The van der Waals surface area contributed by atoms with Gasteiger partial charge in [-0.15, -0.1) is 0 Å². The van der Waals surface area contributed by atoms with Gasteiger partial charge in [0.1, 0.15) is 8.07 Å². The Balaban J connectivity index is 2.31. The molecule has 0 saturated heterocycles. The summed E-state index contributed by atoms with van der Waals surface area (Å²) in [5.74, 6) is 0. The lowest BCUT2D eigenvalue weighted by atomic mass is 9.96. The highest BCUT2D eigenvalue weighted by Crippen LogP contribution is 2.47. The van der Waals surface area contributed by atoms with E-state index >= 15 is 0 Å². The normalized spacial score (nSPS) is 17.5. The number of hydrogen-bond donors (Lipinski definition) is 0. The molecule has 1 heterocycles. The summed E-state index contributed by atoms with van der Waals surface area (Å²) in [4.78, 5) is 0. The average Bonchev–Trinajstić information content (AvgIpc) is 2.69. The van der Waals surface area contributed by atoms with Crippen molar-refractivity contribution in [1.29, 1.82) is 0 Å². The van der Waals surface area contributed by atoms with E-state index in [2.05, 4.69) is 87.6 Å². The second-order valence-corrected chi connectivity index (χ2v) is 10.9. The summed E-state index contributed by atoms with van der Waals surface area (Å²) in [5.41, 5.74) is 5.70. The maximum atomic E-state index is 2.48. The Hall–Kier alpha value is -1.86. The summed E-state index contributed by atoms with van der Waals surface area (Å²) in [5, 5.41) is 3.20. The van der Waals surface area contributed by atoms with E-state index in [0.29, 0.717) is 0 Å². The van der Waals surface area contributed by atoms with Gasteiger partial charge in [0.15, 0.2) is 0 Å². The van der Waals surface area contributed by atoms with E-state index in [1.807, 2.05) is 0 Å². The van der Waals surface area contributed by atoms with Crippen LogP contribution in [-0.2, 0) is 0 Å². The van der Waals surface area contributed by atoms with Gasteiger partial charge in [0.05, 0.1) is 0 Å². The van der Waals surface area contributed by atoms with Crippen molar-refractivity contribution in [2.75, 3.05) is 0 Å². The molecule has 3 rings (SSSR count). The zero-order valence-electron chi connectivity index (χ0n) is 13.3. The van der Waals surface area contributed by atoms with Crippen molar-refractivity contribution in [2.24, 2.45) is 0 Å². The Morgan fingerprint density at radius 1 is 0.667 bits per heavy atom. The number of allylic oxidation sites excluding steroid dienone is 3. The SMILES string of the molecule is CC1=C(C)[Si](C)(C)C(c2ccccc2)=C1c1ccccc1. The van der Waals surface area contributed by atoms with Gasteiger partial charge in [-0.2, -0.15) is 0 Å². The maximum Gasteiger partial charge on any atom is 0.109 e. The van der Waals surface area contributed by atoms with Crippen molar-refractivity contribution in [1.82, 2.24) is 0 Å². The second kappa shape index (κ2) is 5.16. The van der Waals surface area contributed by atoms with Gasteiger partial charge < -0.3 is 0 Å². The second-order valence-electron chi connectivity index (χ2n) is 6.36. The molecular formula is C20H22Si. The molecule has 0 bridgehead atoms. The number of hydrogen-bond acceptors (Lipinski definition) is 0. The Bertz CT molecular complexity index is 719. The predicted molar refractivity (Wildman–Crippen MR) is 95.6 cm³/mol. The molecule has 1 aliphatic heterocycles. The van der Waals surface area contributed by atoms with Crippen molar-refractivity contribution < 1.29 is 0 Å². The van der Waals surface area contributed by atoms with Gasteiger partial charge in [0.2, 0.25) is 0 Å². The summed E-state index contributed by atoms with van der Waals surface area (Å²) < 4.78 is 0. The van der Waals surface area contributed by atoms with E-state index in [-0.39, 0.29) is 0 Å². The van der Waals surface area contributed by atoms with Crippen LogP contribution in [0.4, 0.5) is 0 Å². The molecule has 0 nitrogen and oxygen atoms in total. The summed E-state index contributed by atoms with van der Waals surface area (Å²) in [7, 11) is -1.56. The minimum absolute atomic E-state index is 1.35. The van der Waals surface area contributed by atoms with Gasteiger partial charge >= 0.3 is 0 Å². The van der Waals surface area contributed by atoms with E-state index in [0.717, 1.165) is 0 Å². The molecule has 0 aromatic heterocycles. The molecule has 0 amide bonds. The fourth-order valence-electron chi connectivity index (χ4n) is 3.42. The monoisotopic (exact) mass is 290 g/mol. The molecule has 106 valence electrons. The van der Waals surface area contributed by atoms with E-state index < -0.39 is 8.07 Å². The molecule has 0 aliphatic carbocycles. The van der Waals surface area contributed by atoms with E-state index in [1.54, 1.807) is 10.4 Å². The van der Waals surface area contributed by atoms with Crippen molar-refractivity contribution in [3.63, 3.8) is 0 Å². The van der Waals surface area contributed by atoms with Gasteiger partial charge in [-0.05, 0) is 41.3 Å². The maximum absolute atomic E-state index is 2.48. The highest BCUT2D eigenvalue weighted by Gasteiger charge is 2.38. The molecular weight excluding hydrogens is 268 g/mol. The van der Waals surface area contributed by atoms with Crippen LogP contribution in [0.15, 0.2) is 71.4 Å². The van der Waals surface area contributed by atoms with Crippen LogP contribution in [0.25, 0.3) is 10.8 Å². The summed E-state index contributed by atoms with van der Waals surface area (Å²) in [6, 6.07) is 21.8. The smallest absolute Gasteiger partial charge is 0.0756 e. The van der Waals surface area contributed by atoms with Crippen LogP contribution in [0.2, 0.25) is 13.1 Å². The fourth-order valence-corrected chi connectivity index (χ4v) is 6.70. The third kappa shape index (κ3) is 2.22. The summed E-state index contributed by atoms with van der Waals surface area (Å²) in [6.07, 6.45) is 0. The first kappa shape index (κ1) is 14.1. The lowest BCUT2D eigenvalue weighted by Gasteiger charge is -2.24. The van der Waals surface area contributed by atoms with Gasteiger partial charge in [-0.1, -0.05) is 79.0 Å². The molecule has 2 aromatic rings. The molecule has 0 N–H and O–H groups in total. The third-order valence-electron chi connectivity index (χ3n) is 4.87. The van der Waals surface area contributed by atoms with Gasteiger partial charge in [0, 0.05) is 0 Å². The minimum atomic E-state index is -1.56. The molecule has 1 aliphatic rings. The van der Waals surface area contributed by atoms with E-state index in [1.165, 1.54) is 22.3 Å². The van der Waals surface area contributed by atoms with Crippen LogP contribution in [0.1, 0.15) is 25.0 Å². The standard InChI is InChI=1S/C20H22Si/c1-15-16(2)21(3,4)20(18-13-9-6-10-14-18)19(15)17-11-7-5-8-12-17/h5-14H,1-4H3. The largest absolute Gasteiger partial charge is 0.109 e. The van der Waals surface area contributed by atoms with Crippen LogP contribution in [0.5, 0.6) is 0 Å². The fraction of sp³-hybridized carbons (Fsp3) is 0.200. The first-order valence-corrected chi connectivity index (χ1v) is 10.6. The number of rotatable bonds is 2. The molecule has 0 radical (unpaired) electrons. The van der Waals surface area contributed by atoms with Crippen LogP contribution >= 0.6 is 0 Å². The third-order valence-corrected chi connectivity index (χ3v) is 8.91. The van der Waals surface area contributed by atoms with Gasteiger partial charge in [-0.3, -0.25) is 0 Å². The Morgan fingerprint density at radius 2 is 1.14 bits per heavy atom. The molecule has 0 atom stereocenters. The topological polar surface area (TPSA) is 0 Å². The first-order valence-electron chi connectivity index (χ1n) is 7.57. The van der Waals surface area contributed by atoms with Crippen molar-refractivity contribution >= 4 is 18.8 Å². The van der Waals surface area contributed by atoms with Crippen molar-refractivity contribution in [3.8, 4) is 0 Å². The summed E-state index contributed by atoms with van der Waals surface area (Å²) in [6.45, 7) is 9.58. The van der Waals surface area contributed by atoms with Crippen molar-refractivity contribution in [2.45, 2.75) is 26.9 Å². The molecule has 1 heteroatoms. The van der Waals surface area contributed by atoms with Gasteiger partial charge in [-0.25, -0.2) is 0 Å². The minimum Gasteiger partial charge on any atom is -0.0756 e. The Kier molecular flexibility index (Phi) is 3.46. The summed E-state index contributed by atoms with van der Waals surface area (Å²) >= 11 is 0. The Morgan fingerprint density at radius 3 is 1.67 bits per heavy atom. The molecule has 21 heavy (non-hydrogen) atoms. The lowest BCUT2D eigenvalue weighted by Crippen LogP contribution is -2.28. The molecule has 0 fully saturated rings. The molecule has 0 spiro atoms. The number of benzene rings is 2. The van der Waals surface area contributed by atoms with Crippen molar-refractivity contribution in [3.05, 3.63) is 82.6 Å². The zero-order chi connectivity index (χ0) is 15.0. The Labute approximate surface area is 128 Å². The van der Waals surface area contributed by atoms with Crippen LogP contribution < -0.4 is 0 Å². The molecule has 2 aromatic carbocycles. The van der Waals surface area contributed by atoms with Crippen LogP contribution in [0.3, 0.4) is 0 Å². The average molecular weight is 290 g/mol. The zero-order valence-corrected chi connectivity index (χ0v) is 14.3. The van der Waals surface area contributed by atoms with E-state index in [9.17, 15) is 0 Å². The van der Waals surface area contributed by atoms with Gasteiger partial charge in [0.25, 0.3) is 0 Å². The molecule has 0 saturated carbocycles. The quantitative estimate of drug-likeness (QED) is 0.619. The first-order chi connectivity index (χ1) is 10.0. The highest BCUT2D eigenvalue weighted by atomic mass is 28.3. The van der Waals surface area contributed by atoms with Crippen LogP contribution in [0, 0.1) is 0 Å².